The Morgan fingerprint density at radius 2 is 1.53 bits per heavy atom. The number of anilines is 1. The van der Waals surface area contributed by atoms with Crippen molar-refractivity contribution in [2.24, 2.45) is 0 Å². The highest BCUT2D eigenvalue weighted by Crippen LogP contribution is 2.39. The van der Waals surface area contributed by atoms with Crippen LogP contribution in [-0.2, 0) is 10.3 Å². The molecule has 192 valence electrons. The number of ether oxygens (including phenoxy) is 1. The molecule has 4 rings (SSSR count). The quantitative estimate of drug-likeness (QED) is 0.592. The number of thiophene rings is 1. The van der Waals surface area contributed by atoms with Crippen LogP contribution in [0.2, 0.25) is 0 Å². The Bertz CT molecular complexity index is 807. The van der Waals surface area contributed by atoms with Crippen LogP contribution in [-0.4, -0.2) is 92.2 Å². The van der Waals surface area contributed by atoms with Crippen molar-refractivity contribution in [1.29, 1.82) is 0 Å². The average Bonchev–Trinajstić information content (AvgIpc) is 3.34. The van der Waals surface area contributed by atoms with Crippen LogP contribution in [0.5, 0.6) is 0 Å². The van der Waals surface area contributed by atoms with Gasteiger partial charge in [0.15, 0.2) is 5.60 Å². The molecule has 0 bridgehead atoms. The van der Waals surface area contributed by atoms with Crippen molar-refractivity contribution >= 4 is 29.0 Å². The molecule has 0 aliphatic carbocycles. The molecule has 2 saturated heterocycles. The van der Waals surface area contributed by atoms with Crippen LogP contribution in [0.1, 0.15) is 12.5 Å². The van der Waals surface area contributed by atoms with Gasteiger partial charge in [0.1, 0.15) is 0 Å². The third-order valence-electron chi connectivity index (χ3n) is 5.53. The van der Waals surface area contributed by atoms with Crippen molar-refractivity contribution in [3.63, 3.8) is 0 Å². The third-order valence-corrected chi connectivity index (χ3v) is 7.65. The Morgan fingerprint density at radius 3 is 1.97 bits per heavy atom. The van der Waals surface area contributed by atoms with Crippen molar-refractivity contribution in [3.05, 3.63) is 47.3 Å². The van der Waals surface area contributed by atoms with E-state index in [1.54, 1.807) is 35.4 Å². The number of aliphatic hydroxyl groups is 2. The fraction of sp³-hybridized carbons (Fsp3) is 0.565. The topological polar surface area (TPSA) is 59.4 Å². The van der Waals surface area contributed by atoms with E-state index in [1.807, 2.05) is 6.07 Å². The second-order valence-corrected chi connectivity index (χ2v) is 10.3. The van der Waals surface area contributed by atoms with Gasteiger partial charge in [0.2, 0.25) is 0 Å². The van der Waals surface area contributed by atoms with Crippen LogP contribution in [0, 0.1) is 0 Å². The molecule has 0 radical (unpaired) electrons. The lowest BCUT2D eigenvalue weighted by Gasteiger charge is -2.35. The molecule has 34 heavy (non-hydrogen) atoms. The summed E-state index contributed by atoms with van der Waals surface area (Å²) in [5.74, 6) is 0. The summed E-state index contributed by atoms with van der Waals surface area (Å²) in [6.45, 7) is 8.19. The second-order valence-electron chi connectivity index (χ2n) is 7.97. The minimum absolute atomic E-state index is 0.143. The molecule has 2 fully saturated rings. The molecular formula is C23H34F3N3O3S2. The highest BCUT2D eigenvalue weighted by Gasteiger charge is 2.51. The Balaban J connectivity index is 0.000000384. The summed E-state index contributed by atoms with van der Waals surface area (Å²) in [7, 11) is 3.11. The van der Waals surface area contributed by atoms with Gasteiger partial charge in [-0.05, 0) is 55.1 Å². The summed E-state index contributed by atoms with van der Waals surface area (Å²) >= 11 is 3.46. The van der Waals surface area contributed by atoms with Crippen LogP contribution in [0.15, 0.2) is 46.0 Å². The molecule has 1 aromatic heterocycles. The molecule has 6 nitrogen and oxygen atoms in total. The van der Waals surface area contributed by atoms with Gasteiger partial charge in [-0.1, -0.05) is 18.2 Å². The lowest BCUT2D eigenvalue weighted by molar-refractivity contribution is -0.258. The van der Waals surface area contributed by atoms with Crippen molar-refractivity contribution in [3.8, 4) is 0 Å². The lowest BCUT2D eigenvalue weighted by Crippen LogP contribution is -2.43. The molecule has 1 unspecified atom stereocenters. The summed E-state index contributed by atoms with van der Waals surface area (Å²) in [6.07, 6.45) is -4.70. The number of likely N-dealkylation sites (N-methyl/N-ethyl adjacent to an activating group) is 1. The number of hydrogen-bond donors (Lipinski definition) is 2. The molecule has 1 atom stereocenters. The maximum Gasteiger partial charge on any atom is 0.421 e. The van der Waals surface area contributed by atoms with Gasteiger partial charge < -0.3 is 24.7 Å². The molecule has 2 aliphatic rings. The fourth-order valence-electron chi connectivity index (χ4n) is 3.30. The van der Waals surface area contributed by atoms with E-state index < -0.39 is 11.8 Å². The summed E-state index contributed by atoms with van der Waals surface area (Å²) < 4.78 is 47.4. The summed E-state index contributed by atoms with van der Waals surface area (Å²) in [5, 5.41) is 18.8. The van der Waals surface area contributed by atoms with E-state index in [-0.39, 0.29) is 5.56 Å². The molecule has 3 heterocycles. The normalized spacial score (nSPS) is 19.4. The highest BCUT2D eigenvalue weighted by molar-refractivity contribution is 7.98. The zero-order valence-corrected chi connectivity index (χ0v) is 21.4. The smallest absolute Gasteiger partial charge is 0.400 e. The van der Waals surface area contributed by atoms with E-state index in [2.05, 4.69) is 32.6 Å². The molecule has 2 N–H and O–H groups in total. The van der Waals surface area contributed by atoms with Gasteiger partial charge >= 0.3 is 6.18 Å². The van der Waals surface area contributed by atoms with E-state index in [0.29, 0.717) is 0 Å². The Labute approximate surface area is 208 Å². The van der Waals surface area contributed by atoms with E-state index in [0.717, 1.165) is 72.2 Å². The first-order valence-corrected chi connectivity index (χ1v) is 12.6. The van der Waals surface area contributed by atoms with Crippen LogP contribution in [0.3, 0.4) is 0 Å². The second kappa shape index (κ2) is 13.7. The van der Waals surface area contributed by atoms with Crippen molar-refractivity contribution in [1.82, 2.24) is 9.21 Å². The van der Waals surface area contributed by atoms with Crippen LogP contribution >= 0.6 is 23.3 Å². The van der Waals surface area contributed by atoms with Crippen LogP contribution < -0.4 is 4.90 Å². The largest absolute Gasteiger partial charge is 0.421 e. The van der Waals surface area contributed by atoms with E-state index in [9.17, 15) is 18.3 Å². The van der Waals surface area contributed by atoms with Crippen molar-refractivity contribution in [2.45, 2.75) is 22.9 Å². The van der Waals surface area contributed by atoms with Gasteiger partial charge in [0.05, 0.1) is 17.4 Å². The van der Waals surface area contributed by atoms with E-state index >= 15 is 0 Å². The molecular weight excluding hydrogens is 487 g/mol. The zero-order chi connectivity index (χ0) is 25.2. The number of alkyl halides is 3. The molecule has 0 spiro atoms. The highest BCUT2D eigenvalue weighted by atomic mass is 32.2. The number of nitrogens with zero attached hydrogens (tertiary/aromatic N) is 3. The monoisotopic (exact) mass is 521 g/mol. The van der Waals surface area contributed by atoms with Gasteiger partial charge in [-0.2, -0.15) is 13.2 Å². The number of hydrogen-bond acceptors (Lipinski definition) is 8. The Morgan fingerprint density at radius 1 is 0.941 bits per heavy atom. The molecule has 0 amide bonds. The first kappa shape index (κ1) is 28.9. The number of morpholine rings is 1. The number of rotatable bonds is 4. The van der Waals surface area contributed by atoms with E-state index in [4.69, 9.17) is 9.84 Å². The number of aliphatic hydroxyl groups excluding tert-OH is 1. The number of halogens is 3. The summed E-state index contributed by atoms with van der Waals surface area (Å²) in [5.41, 5.74) is -2.10. The lowest BCUT2D eigenvalue weighted by atomic mass is 9.95. The SMILES string of the molecule is CC(O)(c1ccc(N2CCN(Sc3cccs3)CC2)cc1)C(F)(F)F.CN1CCOCC1.CO. The van der Waals surface area contributed by atoms with Crippen molar-refractivity contribution < 1.29 is 28.1 Å². The van der Waals surface area contributed by atoms with Crippen LogP contribution in [0.25, 0.3) is 0 Å². The molecule has 11 heteroatoms. The van der Waals surface area contributed by atoms with E-state index in [1.165, 1.54) is 16.3 Å². The first-order chi connectivity index (χ1) is 16.2. The molecule has 2 aromatic rings. The average molecular weight is 522 g/mol. The minimum Gasteiger partial charge on any atom is -0.400 e. The Hall–Kier alpha value is -1.34. The van der Waals surface area contributed by atoms with Gasteiger partial charge in [-0.15, -0.1) is 11.3 Å². The number of piperazine rings is 1. The standard InChI is InChI=1S/C17H19F3N2OS2.C5H11NO.CH4O/c1-16(23,17(18,19)20)13-4-6-14(7-5-13)21-8-10-22(11-9-21)25-15-3-2-12-24-15;1-6-2-4-7-5-3-6;1-2/h2-7,12,23H,8-11H2,1H3;2-5H2,1H3;2H,1H3. The molecule has 0 saturated carbocycles. The first-order valence-electron chi connectivity index (χ1n) is 11.0. The molecule has 2 aliphatic heterocycles. The van der Waals surface area contributed by atoms with Gasteiger partial charge in [0, 0.05) is 52.1 Å². The van der Waals surface area contributed by atoms with Gasteiger partial charge in [-0.3, -0.25) is 0 Å². The maximum absolute atomic E-state index is 12.9. The minimum atomic E-state index is -4.70. The number of benzene rings is 1. The molecule has 1 aromatic carbocycles. The van der Waals surface area contributed by atoms with Gasteiger partial charge in [-0.25, -0.2) is 4.31 Å². The fourth-order valence-corrected chi connectivity index (χ4v) is 5.14. The Kier molecular flexibility index (Phi) is 11.6. The third kappa shape index (κ3) is 8.40. The predicted molar refractivity (Wildman–Crippen MR) is 132 cm³/mol. The van der Waals surface area contributed by atoms with Gasteiger partial charge in [0.25, 0.3) is 0 Å². The van der Waals surface area contributed by atoms with Crippen molar-refractivity contribution in [2.75, 3.05) is 71.5 Å². The summed E-state index contributed by atoms with van der Waals surface area (Å²) in [4.78, 5) is 4.42. The summed E-state index contributed by atoms with van der Waals surface area (Å²) in [6, 6.07) is 10.1. The maximum atomic E-state index is 12.9. The van der Waals surface area contributed by atoms with Crippen LogP contribution in [0.4, 0.5) is 18.9 Å². The zero-order valence-electron chi connectivity index (χ0n) is 19.8. The predicted octanol–water partition coefficient (Wildman–Crippen LogP) is 3.90.